The Bertz CT molecular complexity index is 528. The lowest BCUT2D eigenvalue weighted by Crippen LogP contribution is -2.31. The quantitative estimate of drug-likeness (QED) is 0.849. The maximum atomic E-state index is 12.4. The third-order valence-corrected chi connectivity index (χ3v) is 5.35. The Hall–Kier alpha value is -1.00. The number of carbonyl (C=O) groups is 1. The molecule has 1 aromatic rings. The van der Waals surface area contributed by atoms with Crippen molar-refractivity contribution in [3.05, 3.63) is 29.3 Å². The third-order valence-electron chi connectivity index (χ3n) is 4.62. The zero-order chi connectivity index (χ0) is 14.8. The van der Waals surface area contributed by atoms with Gasteiger partial charge in [-0.15, -0.1) is 11.8 Å². The molecule has 1 aliphatic heterocycles. The molecule has 21 heavy (non-hydrogen) atoms. The Labute approximate surface area is 131 Å². The minimum absolute atomic E-state index is 0.0771. The molecule has 1 amide bonds. The largest absolute Gasteiger partial charge is 0.352 e. The van der Waals surface area contributed by atoms with E-state index in [0.717, 1.165) is 35.2 Å². The summed E-state index contributed by atoms with van der Waals surface area (Å²) in [5.41, 5.74) is 1.87. The molecular formula is C17H24N2OS. The number of amides is 1. The van der Waals surface area contributed by atoms with Crippen LogP contribution in [0.3, 0.4) is 0 Å². The minimum Gasteiger partial charge on any atom is -0.352 e. The molecule has 2 aliphatic rings. The molecule has 1 N–H and O–H groups in total. The van der Waals surface area contributed by atoms with Gasteiger partial charge in [-0.25, -0.2) is 0 Å². The standard InChI is InChI=1S/C17H24N2OS/c1-12-3-6-15(21-2)9-16(12)17(20)18-10-13-7-8-19(11-13)14-4-5-14/h3,6,9,13-14H,4-5,7-8,10-11H2,1-2H3,(H,18,20)/t13-/m0/s1. The first kappa shape index (κ1) is 14.9. The van der Waals surface area contributed by atoms with Crippen molar-refractivity contribution in [2.24, 2.45) is 5.92 Å². The lowest BCUT2D eigenvalue weighted by atomic mass is 10.1. The first-order valence-electron chi connectivity index (χ1n) is 7.84. The van der Waals surface area contributed by atoms with Crippen molar-refractivity contribution in [2.45, 2.75) is 37.1 Å². The second kappa shape index (κ2) is 6.41. The van der Waals surface area contributed by atoms with E-state index < -0.39 is 0 Å². The fourth-order valence-corrected chi connectivity index (χ4v) is 3.55. The topological polar surface area (TPSA) is 32.3 Å². The molecule has 1 aliphatic carbocycles. The van der Waals surface area contributed by atoms with Gasteiger partial charge in [-0.1, -0.05) is 6.07 Å². The number of thioether (sulfide) groups is 1. The number of nitrogens with one attached hydrogen (secondary N) is 1. The van der Waals surface area contributed by atoms with Crippen LogP contribution in [0.25, 0.3) is 0 Å². The molecule has 3 nitrogen and oxygen atoms in total. The summed E-state index contributed by atoms with van der Waals surface area (Å²) in [6, 6.07) is 6.96. The normalized spacial score (nSPS) is 22.5. The predicted octanol–water partition coefficient (Wildman–Crippen LogP) is 2.93. The second-order valence-electron chi connectivity index (χ2n) is 6.27. The molecule has 1 heterocycles. The lowest BCUT2D eigenvalue weighted by Gasteiger charge is -2.15. The van der Waals surface area contributed by atoms with Gasteiger partial charge in [-0.05, 0) is 62.6 Å². The van der Waals surface area contributed by atoms with Crippen molar-refractivity contribution in [2.75, 3.05) is 25.9 Å². The molecule has 0 spiro atoms. The molecule has 1 saturated heterocycles. The van der Waals surface area contributed by atoms with Gasteiger partial charge in [0.2, 0.25) is 0 Å². The van der Waals surface area contributed by atoms with Crippen LogP contribution in [-0.4, -0.2) is 42.7 Å². The van der Waals surface area contributed by atoms with Gasteiger partial charge in [0.05, 0.1) is 0 Å². The highest BCUT2D eigenvalue weighted by Gasteiger charge is 2.34. The van der Waals surface area contributed by atoms with Crippen LogP contribution in [0.4, 0.5) is 0 Å². The average Bonchev–Trinajstić information content (AvgIpc) is 3.24. The van der Waals surface area contributed by atoms with E-state index in [1.54, 1.807) is 11.8 Å². The molecule has 2 fully saturated rings. The van der Waals surface area contributed by atoms with E-state index >= 15 is 0 Å². The van der Waals surface area contributed by atoms with Gasteiger partial charge >= 0.3 is 0 Å². The van der Waals surface area contributed by atoms with Crippen LogP contribution in [0.1, 0.15) is 35.2 Å². The van der Waals surface area contributed by atoms with Crippen LogP contribution in [0.5, 0.6) is 0 Å². The summed E-state index contributed by atoms with van der Waals surface area (Å²) in [5.74, 6) is 0.701. The monoisotopic (exact) mass is 304 g/mol. The number of nitrogens with zero attached hydrogens (tertiary/aromatic N) is 1. The molecule has 1 atom stereocenters. The van der Waals surface area contributed by atoms with Crippen molar-refractivity contribution in [3.8, 4) is 0 Å². The van der Waals surface area contributed by atoms with Gasteiger partial charge in [0.1, 0.15) is 0 Å². The molecule has 0 bridgehead atoms. The molecule has 0 aromatic heterocycles. The van der Waals surface area contributed by atoms with E-state index in [9.17, 15) is 4.79 Å². The van der Waals surface area contributed by atoms with Crippen molar-refractivity contribution in [3.63, 3.8) is 0 Å². The highest BCUT2D eigenvalue weighted by molar-refractivity contribution is 7.98. The van der Waals surface area contributed by atoms with Crippen molar-refractivity contribution in [1.29, 1.82) is 0 Å². The molecule has 0 radical (unpaired) electrons. The number of hydrogen-bond donors (Lipinski definition) is 1. The second-order valence-corrected chi connectivity index (χ2v) is 7.15. The average molecular weight is 304 g/mol. The zero-order valence-corrected chi connectivity index (χ0v) is 13.7. The highest BCUT2D eigenvalue weighted by Crippen LogP contribution is 2.31. The van der Waals surface area contributed by atoms with Gasteiger partial charge in [0.15, 0.2) is 0 Å². The summed E-state index contributed by atoms with van der Waals surface area (Å²) < 4.78 is 0. The molecule has 3 rings (SSSR count). The molecule has 4 heteroatoms. The fraction of sp³-hybridized carbons (Fsp3) is 0.588. The van der Waals surface area contributed by atoms with E-state index in [4.69, 9.17) is 0 Å². The van der Waals surface area contributed by atoms with Crippen molar-refractivity contribution >= 4 is 17.7 Å². The number of likely N-dealkylation sites (tertiary alicyclic amines) is 1. The fourth-order valence-electron chi connectivity index (χ4n) is 3.11. The maximum Gasteiger partial charge on any atom is 0.251 e. The molecule has 114 valence electrons. The number of benzene rings is 1. The highest BCUT2D eigenvalue weighted by atomic mass is 32.2. The smallest absolute Gasteiger partial charge is 0.251 e. The van der Waals surface area contributed by atoms with E-state index in [1.807, 2.05) is 25.3 Å². The minimum atomic E-state index is 0.0771. The van der Waals surface area contributed by atoms with Crippen LogP contribution in [0.15, 0.2) is 23.1 Å². The summed E-state index contributed by atoms with van der Waals surface area (Å²) in [7, 11) is 0. The number of hydrogen-bond acceptors (Lipinski definition) is 3. The maximum absolute atomic E-state index is 12.4. The summed E-state index contributed by atoms with van der Waals surface area (Å²) in [4.78, 5) is 16.1. The van der Waals surface area contributed by atoms with Gasteiger partial charge < -0.3 is 10.2 Å². The van der Waals surface area contributed by atoms with Crippen LogP contribution in [0.2, 0.25) is 0 Å². The Morgan fingerprint density at radius 3 is 2.90 bits per heavy atom. The van der Waals surface area contributed by atoms with Crippen LogP contribution < -0.4 is 5.32 Å². The summed E-state index contributed by atoms with van der Waals surface area (Å²) in [6.45, 7) is 5.19. The predicted molar refractivity (Wildman–Crippen MR) is 88.0 cm³/mol. The Kier molecular flexibility index (Phi) is 4.55. The molecular weight excluding hydrogens is 280 g/mol. The van der Waals surface area contributed by atoms with Gasteiger partial charge in [-0.2, -0.15) is 0 Å². The van der Waals surface area contributed by atoms with Gasteiger partial charge in [0, 0.05) is 29.6 Å². The number of rotatable bonds is 5. The molecule has 1 aromatic carbocycles. The Morgan fingerprint density at radius 2 is 2.19 bits per heavy atom. The van der Waals surface area contributed by atoms with Crippen molar-refractivity contribution in [1.82, 2.24) is 10.2 Å². The molecule has 1 saturated carbocycles. The zero-order valence-electron chi connectivity index (χ0n) is 12.9. The molecule has 0 unspecified atom stereocenters. The van der Waals surface area contributed by atoms with E-state index in [-0.39, 0.29) is 5.91 Å². The van der Waals surface area contributed by atoms with E-state index in [2.05, 4.69) is 16.3 Å². The Morgan fingerprint density at radius 1 is 1.38 bits per heavy atom. The van der Waals surface area contributed by atoms with Crippen LogP contribution in [-0.2, 0) is 0 Å². The third kappa shape index (κ3) is 3.61. The van der Waals surface area contributed by atoms with Gasteiger partial charge in [0.25, 0.3) is 5.91 Å². The lowest BCUT2D eigenvalue weighted by molar-refractivity contribution is 0.0946. The number of carbonyl (C=O) groups excluding carboxylic acids is 1. The summed E-state index contributed by atoms with van der Waals surface area (Å²) in [6.07, 6.45) is 6.01. The first-order valence-corrected chi connectivity index (χ1v) is 9.06. The summed E-state index contributed by atoms with van der Waals surface area (Å²) in [5, 5.41) is 3.14. The van der Waals surface area contributed by atoms with Crippen molar-refractivity contribution < 1.29 is 4.79 Å². The van der Waals surface area contributed by atoms with Gasteiger partial charge in [-0.3, -0.25) is 4.79 Å². The van der Waals surface area contributed by atoms with Crippen LogP contribution >= 0.6 is 11.8 Å². The number of aryl methyl sites for hydroxylation is 1. The van der Waals surface area contributed by atoms with Crippen LogP contribution in [0, 0.1) is 12.8 Å². The van der Waals surface area contributed by atoms with E-state index in [0.29, 0.717) is 5.92 Å². The van der Waals surface area contributed by atoms with E-state index in [1.165, 1.54) is 25.8 Å². The SMILES string of the molecule is CSc1ccc(C)c(C(=O)NC[C@@H]2CCN(C3CC3)C2)c1. The first-order chi connectivity index (χ1) is 10.2. The Balaban J connectivity index is 1.54. The summed E-state index contributed by atoms with van der Waals surface area (Å²) >= 11 is 1.68.